The summed E-state index contributed by atoms with van der Waals surface area (Å²) in [5.74, 6) is -1.91. The van der Waals surface area contributed by atoms with E-state index in [4.69, 9.17) is 11.6 Å². The summed E-state index contributed by atoms with van der Waals surface area (Å²) in [5, 5.41) is 2.88. The summed E-state index contributed by atoms with van der Waals surface area (Å²) in [6.07, 6.45) is 0.634. The molecule has 3 rings (SSSR count). The van der Waals surface area contributed by atoms with E-state index in [1.54, 1.807) is 13.0 Å². The highest BCUT2D eigenvalue weighted by molar-refractivity contribution is 7.89. The highest BCUT2D eigenvalue weighted by atomic mass is 35.5. The predicted molar refractivity (Wildman–Crippen MR) is 121 cm³/mol. The first-order valence-corrected chi connectivity index (χ1v) is 11.6. The van der Waals surface area contributed by atoms with Crippen molar-refractivity contribution in [3.63, 3.8) is 0 Å². The number of anilines is 2. The summed E-state index contributed by atoms with van der Waals surface area (Å²) in [5.41, 5.74) is 1.41. The Bertz CT molecular complexity index is 1280. The third kappa shape index (κ3) is 5.32. The molecule has 0 aliphatic rings. The molecule has 3 aromatic rings. The molecule has 0 amide bonds. The van der Waals surface area contributed by atoms with Crippen LogP contribution in [-0.4, -0.2) is 20.7 Å². The molecule has 0 spiro atoms. The molecule has 0 saturated carbocycles. The topological polar surface area (TPSA) is 75.3 Å². The van der Waals surface area contributed by atoms with E-state index >= 15 is 0 Å². The number of aryl methyl sites for hydroxylation is 1. The largest absolute Gasteiger partial charge is 0.353 e. The molecule has 0 unspecified atom stereocenters. The monoisotopic (exact) mass is 478 g/mol. The molecule has 9 heteroatoms. The van der Waals surface area contributed by atoms with E-state index in [1.807, 2.05) is 6.92 Å². The fraction of sp³-hybridized carbons (Fsp3) is 0.174. The minimum Gasteiger partial charge on any atom is -0.353 e. The number of ketones is 1. The maximum atomic E-state index is 13.9. The van der Waals surface area contributed by atoms with Gasteiger partial charge in [-0.3, -0.25) is 4.79 Å². The van der Waals surface area contributed by atoms with E-state index in [9.17, 15) is 22.0 Å². The van der Waals surface area contributed by atoms with Gasteiger partial charge in [-0.1, -0.05) is 24.6 Å². The van der Waals surface area contributed by atoms with Crippen molar-refractivity contribution in [1.29, 1.82) is 0 Å². The third-order valence-electron chi connectivity index (χ3n) is 4.73. The van der Waals surface area contributed by atoms with Gasteiger partial charge in [0.05, 0.1) is 15.6 Å². The first-order chi connectivity index (χ1) is 15.1. The van der Waals surface area contributed by atoms with Gasteiger partial charge in [-0.25, -0.2) is 21.9 Å². The molecule has 2 N–H and O–H groups in total. The van der Waals surface area contributed by atoms with Gasteiger partial charge in [0.25, 0.3) is 0 Å². The molecule has 0 aliphatic carbocycles. The number of halogens is 3. The summed E-state index contributed by atoms with van der Waals surface area (Å²) in [4.78, 5) is 13.1. The van der Waals surface area contributed by atoms with Gasteiger partial charge >= 0.3 is 0 Å². The van der Waals surface area contributed by atoms with Crippen molar-refractivity contribution in [3.8, 4) is 0 Å². The minimum absolute atomic E-state index is 0.0129. The smallest absolute Gasteiger partial charge is 0.240 e. The van der Waals surface area contributed by atoms with E-state index < -0.39 is 27.4 Å². The minimum atomic E-state index is -3.74. The second-order valence-electron chi connectivity index (χ2n) is 7.15. The highest BCUT2D eigenvalue weighted by Crippen LogP contribution is 2.28. The lowest BCUT2D eigenvalue weighted by Gasteiger charge is -2.12. The summed E-state index contributed by atoms with van der Waals surface area (Å²) in [6.45, 7) is 3.83. The summed E-state index contributed by atoms with van der Waals surface area (Å²) in [6, 6.07) is 11.9. The van der Waals surface area contributed by atoms with Crippen molar-refractivity contribution in [1.82, 2.24) is 4.72 Å². The number of carbonyl (C=O) groups excluding carboxylic acids is 1. The molecule has 0 fully saturated rings. The molecule has 0 aliphatic heterocycles. The van der Waals surface area contributed by atoms with Gasteiger partial charge in [-0.05, 0) is 61.4 Å². The normalized spacial score (nSPS) is 11.4. The van der Waals surface area contributed by atoms with Crippen LogP contribution in [0.2, 0.25) is 5.02 Å². The Morgan fingerprint density at radius 3 is 2.41 bits per heavy atom. The van der Waals surface area contributed by atoms with E-state index in [0.717, 1.165) is 12.1 Å². The lowest BCUT2D eigenvalue weighted by Crippen LogP contribution is -2.24. The van der Waals surface area contributed by atoms with Crippen molar-refractivity contribution in [2.75, 3.05) is 11.9 Å². The Hall–Kier alpha value is -2.81. The van der Waals surface area contributed by atoms with Gasteiger partial charge in [0.15, 0.2) is 5.78 Å². The molecule has 0 bridgehead atoms. The van der Waals surface area contributed by atoms with Gasteiger partial charge in [0.2, 0.25) is 10.0 Å². The first kappa shape index (κ1) is 23.8. The predicted octanol–water partition coefficient (Wildman–Crippen LogP) is 5.59. The quantitative estimate of drug-likeness (QED) is 0.414. The molecule has 5 nitrogen and oxygen atoms in total. The molecule has 0 radical (unpaired) electrons. The zero-order valence-electron chi connectivity index (χ0n) is 17.4. The van der Waals surface area contributed by atoms with Crippen molar-refractivity contribution in [2.24, 2.45) is 0 Å². The van der Waals surface area contributed by atoms with E-state index in [0.29, 0.717) is 17.7 Å². The summed E-state index contributed by atoms with van der Waals surface area (Å²) < 4.78 is 54.3. The Kier molecular flexibility index (Phi) is 7.28. The standard InChI is InChI=1S/C23H21ClF2N2O3S/c1-3-10-27-32(30,31)17-7-4-14(2)19(13-17)23(29)18-8-6-16(12-20(18)24)28-22-9-5-15(25)11-21(22)26/h4-9,11-13,27-28H,3,10H2,1-2H3. The Morgan fingerprint density at radius 1 is 1.00 bits per heavy atom. The van der Waals surface area contributed by atoms with E-state index in [1.165, 1.54) is 36.4 Å². The van der Waals surface area contributed by atoms with Gasteiger partial charge < -0.3 is 5.32 Å². The number of sulfonamides is 1. The molecule has 0 saturated heterocycles. The lowest BCUT2D eigenvalue weighted by atomic mass is 9.99. The van der Waals surface area contributed by atoms with Gasteiger partial charge in [-0.15, -0.1) is 0 Å². The average molecular weight is 479 g/mol. The fourth-order valence-corrected chi connectivity index (χ4v) is 4.43. The molecule has 0 aromatic heterocycles. The summed E-state index contributed by atoms with van der Waals surface area (Å²) in [7, 11) is -3.74. The first-order valence-electron chi connectivity index (χ1n) is 9.79. The molecular formula is C23H21ClF2N2O3S. The van der Waals surface area contributed by atoms with Gasteiger partial charge in [0.1, 0.15) is 11.6 Å². The van der Waals surface area contributed by atoms with Crippen molar-refractivity contribution < 1.29 is 22.0 Å². The number of hydrogen-bond donors (Lipinski definition) is 2. The zero-order chi connectivity index (χ0) is 23.5. The third-order valence-corrected chi connectivity index (χ3v) is 6.50. The summed E-state index contributed by atoms with van der Waals surface area (Å²) >= 11 is 6.31. The average Bonchev–Trinajstić information content (AvgIpc) is 2.74. The van der Waals surface area contributed by atoms with Crippen LogP contribution in [0.3, 0.4) is 0 Å². The van der Waals surface area contributed by atoms with E-state index in [2.05, 4.69) is 10.0 Å². The highest BCUT2D eigenvalue weighted by Gasteiger charge is 2.20. The molecular weight excluding hydrogens is 458 g/mol. The SMILES string of the molecule is CCCNS(=O)(=O)c1ccc(C)c(C(=O)c2ccc(Nc3ccc(F)cc3F)cc2Cl)c1. The van der Waals surface area contributed by atoms with Gasteiger partial charge in [0, 0.05) is 29.4 Å². The van der Waals surface area contributed by atoms with Gasteiger partial charge in [-0.2, -0.15) is 0 Å². The zero-order valence-corrected chi connectivity index (χ0v) is 18.9. The van der Waals surface area contributed by atoms with Crippen molar-refractivity contribution in [3.05, 3.63) is 87.9 Å². The number of benzene rings is 3. The number of rotatable bonds is 8. The Balaban J connectivity index is 1.90. The van der Waals surface area contributed by atoms with Crippen LogP contribution in [0.4, 0.5) is 20.2 Å². The Labute approximate surface area is 190 Å². The molecule has 3 aromatic carbocycles. The second kappa shape index (κ2) is 9.77. The van der Waals surface area contributed by atoms with Crippen LogP contribution >= 0.6 is 11.6 Å². The van der Waals surface area contributed by atoms with Crippen molar-refractivity contribution >= 4 is 38.8 Å². The molecule has 32 heavy (non-hydrogen) atoms. The number of carbonyl (C=O) groups is 1. The lowest BCUT2D eigenvalue weighted by molar-refractivity contribution is 0.103. The second-order valence-corrected chi connectivity index (χ2v) is 9.32. The maximum absolute atomic E-state index is 13.9. The molecule has 0 heterocycles. The number of hydrogen-bond acceptors (Lipinski definition) is 4. The van der Waals surface area contributed by atoms with Crippen molar-refractivity contribution in [2.45, 2.75) is 25.2 Å². The van der Waals surface area contributed by atoms with E-state index in [-0.39, 0.29) is 33.3 Å². The van der Waals surface area contributed by atoms with Crippen LogP contribution < -0.4 is 10.0 Å². The van der Waals surface area contributed by atoms with Crippen LogP contribution in [0.15, 0.2) is 59.5 Å². The van der Waals surface area contributed by atoms with Crippen LogP contribution in [0.5, 0.6) is 0 Å². The van der Waals surface area contributed by atoms with Crippen LogP contribution in [0.1, 0.15) is 34.8 Å². The molecule has 168 valence electrons. The van der Waals surface area contributed by atoms with Crippen LogP contribution in [0, 0.1) is 18.6 Å². The Morgan fingerprint density at radius 2 is 1.75 bits per heavy atom. The fourth-order valence-electron chi connectivity index (χ4n) is 3.00. The molecule has 0 atom stereocenters. The van der Waals surface area contributed by atoms with Crippen LogP contribution in [0.25, 0.3) is 0 Å². The van der Waals surface area contributed by atoms with Crippen LogP contribution in [-0.2, 0) is 10.0 Å². The number of nitrogens with one attached hydrogen (secondary N) is 2. The maximum Gasteiger partial charge on any atom is 0.240 e.